The minimum Gasteiger partial charge on any atom is -0.309 e. The molecule has 0 aliphatic heterocycles. The molecule has 0 atom stereocenters. The number of thiophene rings is 1. The van der Waals surface area contributed by atoms with Gasteiger partial charge in [0.05, 0.1) is 27.6 Å². The summed E-state index contributed by atoms with van der Waals surface area (Å²) in [5.41, 5.74) is 10.4. The summed E-state index contributed by atoms with van der Waals surface area (Å²) in [5, 5.41) is 11.2. The van der Waals surface area contributed by atoms with Crippen LogP contribution in [0.2, 0.25) is 0 Å². The van der Waals surface area contributed by atoms with Crippen molar-refractivity contribution in [3.05, 3.63) is 175 Å². The summed E-state index contributed by atoms with van der Waals surface area (Å²) in [6.45, 7) is 2.25. The van der Waals surface area contributed by atoms with Crippen LogP contribution >= 0.6 is 11.3 Å². The van der Waals surface area contributed by atoms with Crippen molar-refractivity contribution in [2.24, 2.45) is 0 Å². The van der Waals surface area contributed by atoms with E-state index < -0.39 is 0 Å². The Labute approximate surface area is 314 Å². The zero-order valence-electron chi connectivity index (χ0n) is 29.4. The molecule has 12 aromatic rings. The van der Waals surface area contributed by atoms with Gasteiger partial charge >= 0.3 is 0 Å². The standard InChI is InChI=1S/C50H31N3S/c1-30-48(32-22-25-38-37-16-7-11-21-46(37)54-47(38)28-32)39-17-4-8-18-41(39)51-50(30)53-44-27-24-33(29-40(44)49-34-13-3-2-12-31(34)23-26-45(49)53)52-42-19-9-5-14-35(42)36-15-6-10-20-43(36)52/h2-29H,1H3. The Bertz CT molecular complexity index is 3470. The number of aromatic nitrogens is 3. The molecular formula is C50H31N3S. The van der Waals surface area contributed by atoms with Gasteiger partial charge in [-0.15, -0.1) is 11.3 Å². The van der Waals surface area contributed by atoms with Gasteiger partial charge in [0.25, 0.3) is 0 Å². The summed E-state index contributed by atoms with van der Waals surface area (Å²) in [6.07, 6.45) is 0. The van der Waals surface area contributed by atoms with Gasteiger partial charge < -0.3 is 4.57 Å². The van der Waals surface area contributed by atoms with Crippen molar-refractivity contribution in [3.8, 4) is 22.6 Å². The number of nitrogens with zero attached hydrogens (tertiary/aromatic N) is 3. The molecule has 54 heavy (non-hydrogen) atoms. The van der Waals surface area contributed by atoms with Gasteiger partial charge in [-0.3, -0.25) is 4.57 Å². The van der Waals surface area contributed by atoms with E-state index in [1.54, 1.807) is 0 Å². The van der Waals surface area contributed by atoms with Crippen molar-refractivity contribution < 1.29 is 0 Å². The van der Waals surface area contributed by atoms with Gasteiger partial charge in [0.15, 0.2) is 0 Å². The minimum absolute atomic E-state index is 0.958. The van der Waals surface area contributed by atoms with E-state index in [-0.39, 0.29) is 0 Å². The van der Waals surface area contributed by atoms with Crippen molar-refractivity contribution in [1.29, 1.82) is 0 Å². The van der Waals surface area contributed by atoms with Crippen LogP contribution in [0.4, 0.5) is 0 Å². The van der Waals surface area contributed by atoms with E-state index in [2.05, 4.69) is 186 Å². The first kappa shape index (κ1) is 29.8. The Morgan fingerprint density at radius 3 is 1.89 bits per heavy atom. The molecule has 252 valence electrons. The first-order chi connectivity index (χ1) is 26.7. The third kappa shape index (κ3) is 4.09. The van der Waals surface area contributed by atoms with E-state index in [9.17, 15) is 0 Å². The fraction of sp³-hybridized carbons (Fsp3) is 0.0200. The normalized spacial score (nSPS) is 12.2. The summed E-state index contributed by atoms with van der Waals surface area (Å²) in [4.78, 5) is 5.50. The van der Waals surface area contributed by atoms with Crippen LogP contribution in [0.1, 0.15) is 5.56 Å². The van der Waals surface area contributed by atoms with Gasteiger partial charge in [-0.05, 0) is 83.4 Å². The van der Waals surface area contributed by atoms with Crippen LogP contribution in [0, 0.1) is 6.92 Å². The molecule has 0 aliphatic carbocycles. The lowest BCUT2D eigenvalue weighted by Gasteiger charge is -2.17. The quantitative estimate of drug-likeness (QED) is 0.179. The molecule has 0 N–H and O–H groups in total. The lowest BCUT2D eigenvalue weighted by Crippen LogP contribution is -2.03. The van der Waals surface area contributed by atoms with Crippen LogP contribution in [0.5, 0.6) is 0 Å². The second-order valence-electron chi connectivity index (χ2n) is 14.3. The number of hydrogen-bond acceptors (Lipinski definition) is 2. The Kier molecular flexibility index (Phi) is 6.14. The minimum atomic E-state index is 0.958. The Hall–Kier alpha value is -6.75. The highest BCUT2D eigenvalue weighted by molar-refractivity contribution is 7.25. The topological polar surface area (TPSA) is 22.8 Å². The van der Waals surface area contributed by atoms with Crippen molar-refractivity contribution in [1.82, 2.24) is 14.1 Å². The predicted octanol–water partition coefficient (Wildman–Crippen LogP) is 13.9. The second-order valence-corrected chi connectivity index (χ2v) is 15.4. The monoisotopic (exact) mass is 705 g/mol. The van der Waals surface area contributed by atoms with Crippen LogP contribution in [0.25, 0.3) is 108 Å². The van der Waals surface area contributed by atoms with E-state index in [0.29, 0.717) is 0 Å². The van der Waals surface area contributed by atoms with Crippen molar-refractivity contribution in [3.63, 3.8) is 0 Å². The maximum atomic E-state index is 5.50. The van der Waals surface area contributed by atoms with E-state index in [0.717, 1.165) is 33.6 Å². The Morgan fingerprint density at radius 2 is 1.07 bits per heavy atom. The highest BCUT2D eigenvalue weighted by Gasteiger charge is 2.22. The van der Waals surface area contributed by atoms with E-state index in [4.69, 9.17) is 4.98 Å². The molecule has 4 aromatic heterocycles. The Balaban J connectivity index is 1.17. The molecule has 0 saturated carbocycles. The molecule has 0 bridgehead atoms. The van der Waals surface area contributed by atoms with E-state index in [1.165, 1.54) is 80.0 Å². The first-order valence-corrected chi connectivity index (χ1v) is 19.3. The largest absolute Gasteiger partial charge is 0.309 e. The molecule has 12 rings (SSSR count). The van der Waals surface area contributed by atoms with Crippen LogP contribution < -0.4 is 0 Å². The summed E-state index contributed by atoms with van der Waals surface area (Å²) in [7, 11) is 0. The third-order valence-corrected chi connectivity index (χ3v) is 12.6. The van der Waals surface area contributed by atoms with Gasteiger partial charge in [-0.2, -0.15) is 0 Å². The molecule has 0 unspecified atom stereocenters. The highest BCUT2D eigenvalue weighted by Crippen LogP contribution is 2.43. The van der Waals surface area contributed by atoms with Crippen molar-refractivity contribution >= 4 is 96.8 Å². The highest BCUT2D eigenvalue weighted by atomic mass is 32.1. The number of rotatable bonds is 3. The lowest BCUT2D eigenvalue weighted by molar-refractivity contribution is 1.08. The van der Waals surface area contributed by atoms with Crippen LogP contribution in [0.3, 0.4) is 0 Å². The van der Waals surface area contributed by atoms with Gasteiger partial charge in [0.1, 0.15) is 5.82 Å². The SMILES string of the molecule is Cc1c(-n2c3ccc(-n4c5ccccc5c5ccccc54)cc3c3c4ccccc4ccc32)nc2ccccc2c1-c1ccc2c(c1)sc1ccccc12. The van der Waals surface area contributed by atoms with Gasteiger partial charge in [0, 0.05) is 58.4 Å². The molecule has 0 amide bonds. The second kappa shape index (κ2) is 11.1. The van der Waals surface area contributed by atoms with Gasteiger partial charge in [-0.1, -0.05) is 115 Å². The molecule has 3 nitrogen and oxygen atoms in total. The van der Waals surface area contributed by atoms with Crippen LogP contribution in [0.15, 0.2) is 170 Å². The number of hydrogen-bond donors (Lipinski definition) is 0. The smallest absolute Gasteiger partial charge is 0.141 e. The van der Waals surface area contributed by atoms with E-state index in [1.807, 2.05) is 11.3 Å². The van der Waals surface area contributed by atoms with Crippen molar-refractivity contribution in [2.45, 2.75) is 6.92 Å². The number of pyridine rings is 1. The van der Waals surface area contributed by atoms with Gasteiger partial charge in [-0.25, -0.2) is 4.98 Å². The summed E-state index contributed by atoms with van der Waals surface area (Å²) < 4.78 is 7.45. The van der Waals surface area contributed by atoms with Crippen LogP contribution in [-0.2, 0) is 0 Å². The average molecular weight is 706 g/mol. The molecule has 8 aromatic carbocycles. The average Bonchev–Trinajstić information content (AvgIpc) is 3.88. The molecule has 0 aliphatic rings. The molecule has 4 heteroatoms. The lowest BCUT2D eigenvalue weighted by atomic mass is 9.95. The molecule has 0 radical (unpaired) electrons. The zero-order chi connectivity index (χ0) is 35.5. The fourth-order valence-corrected chi connectivity index (χ4v) is 10.3. The summed E-state index contributed by atoms with van der Waals surface area (Å²) in [5.74, 6) is 0.958. The number of fused-ring (bicyclic) bond motifs is 12. The first-order valence-electron chi connectivity index (χ1n) is 18.5. The summed E-state index contributed by atoms with van der Waals surface area (Å²) in [6, 6.07) is 62.1. The number of benzene rings is 8. The molecule has 4 heterocycles. The molecule has 0 fully saturated rings. The Morgan fingerprint density at radius 1 is 0.444 bits per heavy atom. The van der Waals surface area contributed by atoms with Gasteiger partial charge in [0.2, 0.25) is 0 Å². The molecule has 0 spiro atoms. The maximum Gasteiger partial charge on any atom is 0.141 e. The predicted molar refractivity (Wildman–Crippen MR) is 231 cm³/mol. The van der Waals surface area contributed by atoms with Crippen LogP contribution in [-0.4, -0.2) is 14.1 Å². The molecular weight excluding hydrogens is 675 g/mol. The number of para-hydroxylation sites is 3. The maximum absolute atomic E-state index is 5.50. The zero-order valence-corrected chi connectivity index (χ0v) is 30.2. The fourth-order valence-electron chi connectivity index (χ4n) is 9.11. The summed E-state index contributed by atoms with van der Waals surface area (Å²) >= 11 is 1.87. The van der Waals surface area contributed by atoms with E-state index >= 15 is 0 Å². The van der Waals surface area contributed by atoms with Crippen molar-refractivity contribution in [2.75, 3.05) is 0 Å². The third-order valence-electron chi connectivity index (χ3n) is 11.5. The molecule has 0 saturated heterocycles.